The maximum Gasteiger partial charge on any atom is 0.174 e. The maximum atomic E-state index is 9.70. The van der Waals surface area contributed by atoms with Crippen LogP contribution in [0.15, 0.2) is 66.7 Å². The summed E-state index contributed by atoms with van der Waals surface area (Å²) in [7, 11) is 1.87. The fourth-order valence-electron chi connectivity index (χ4n) is 2.93. The van der Waals surface area contributed by atoms with Crippen LogP contribution in [0.4, 0.5) is 0 Å². The van der Waals surface area contributed by atoms with E-state index in [1.54, 1.807) is 11.3 Å². The molecule has 0 saturated heterocycles. The summed E-state index contributed by atoms with van der Waals surface area (Å²) in [6.07, 6.45) is 1.84. The molecule has 0 fully saturated rings. The molecule has 0 saturated carbocycles. The standard InChI is InChI=1S/C22H15ClN4S/c1-27-21(15-7-3-2-4-8-15)25-26-22(27)16(14-24)13-17-11-12-20(28-17)18-9-5-6-10-19(18)23/h2-13H,1H3. The van der Waals surface area contributed by atoms with Crippen molar-refractivity contribution in [1.29, 1.82) is 5.26 Å². The molecule has 0 N–H and O–H groups in total. The lowest BCUT2D eigenvalue weighted by molar-refractivity contribution is 0.901. The molecule has 0 radical (unpaired) electrons. The lowest BCUT2D eigenvalue weighted by atomic mass is 10.2. The van der Waals surface area contributed by atoms with Gasteiger partial charge in [-0.05, 0) is 24.3 Å². The Balaban J connectivity index is 1.69. The molecule has 0 atom stereocenters. The molecule has 0 bridgehead atoms. The topological polar surface area (TPSA) is 54.5 Å². The highest BCUT2D eigenvalue weighted by atomic mass is 35.5. The van der Waals surface area contributed by atoms with Gasteiger partial charge in [0.1, 0.15) is 6.07 Å². The van der Waals surface area contributed by atoms with Crippen molar-refractivity contribution in [3.8, 4) is 27.9 Å². The van der Waals surface area contributed by atoms with E-state index < -0.39 is 0 Å². The van der Waals surface area contributed by atoms with Crippen molar-refractivity contribution < 1.29 is 0 Å². The Bertz CT molecular complexity index is 1200. The molecular weight excluding hydrogens is 388 g/mol. The zero-order valence-electron chi connectivity index (χ0n) is 15.0. The number of rotatable bonds is 4. The number of hydrogen-bond acceptors (Lipinski definition) is 4. The van der Waals surface area contributed by atoms with Crippen LogP contribution in [0.25, 0.3) is 33.5 Å². The first kappa shape index (κ1) is 18.2. The van der Waals surface area contributed by atoms with Crippen molar-refractivity contribution in [2.45, 2.75) is 0 Å². The molecule has 136 valence electrons. The monoisotopic (exact) mass is 402 g/mol. The van der Waals surface area contributed by atoms with Gasteiger partial charge in [0.25, 0.3) is 0 Å². The Labute approximate surface area is 172 Å². The Morgan fingerprint density at radius 1 is 1.04 bits per heavy atom. The van der Waals surface area contributed by atoms with Crippen molar-refractivity contribution in [3.05, 3.63) is 82.5 Å². The van der Waals surface area contributed by atoms with Crippen molar-refractivity contribution in [1.82, 2.24) is 14.8 Å². The fourth-order valence-corrected chi connectivity index (χ4v) is 4.21. The minimum absolute atomic E-state index is 0.463. The highest BCUT2D eigenvalue weighted by Crippen LogP contribution is 2.34. The second-order valence-electron chi connectivity index (χ2n) is 6.12. The van der Waals surface area contributed by atoms with E-state index in [-0.39, 0.29) is 0 Å². The average molecular weight is 403 g/mol. The van der Waals surface area contributed by atoms with Crippen LogP contribution in [0.2, 0.25) is 5.02 Å². The molecule has 0 aliphatic rings. The lowest BCUT2D eigenvalue weighted by Crippen LogP contribution is -1.98. The van der Waals surface area contributed by atoms with Crippen LogP contribution in [0.1, 0.15) is 10.7 Å². The third-order valence-electron chi connectivity index (χ3n) is 4.32. The zero-order valence-corrected chi connectivity index (χ0v) is 16.6. The molecule has 0 spiro atoms. The number of benzene rings is 2. The molecule has 0 aliphatic carbocycles. The Morgan fingerprint density at radius 2 is 1.79 bits per heavy atom. The number of halogens is 1. The van der Waals surface area contributed by atoms with Gasteiger partial charge in [0.2, 0.25) is 0 Å². The van der Waals surface area contributed by atoms with E-state index in [1.807, 2.05) is 84.4 Å². The Hall–Kier alpha value is -3.20. The predicted molar refractivity (Wildman–Crippen MR) is 115 cm³/mol. The van der Waals surface area contributed by atoms with E-state index in [0.717, 1.165) is 26.7 Å². The minimum Gasteiger partial charge on any atom is -0.310 e. The zero-order chi connectivity index (χ0) is 19.5. The highest BCUT2D eigenvalue weighted by Gasteiger charge is 2.15. The summed E-state index contributed by atoms with van der Waals surface area (Å²) in [4.78, 5) is 2.01. The first-order valence-corrected chi connectivity index (χ1v) is 9.78. The minimum atomic E-state index is 0.463. The van der Waals surface area contributed by atoms with Gasteiger partial charge in [-0.1, -0.05) is 60.1 Å². The van der Waals surface area contributed by atoms with Gasteiger partial charge in [-0.25, -0.2) is 0 Å². The summed E-state index contributed by atoms with van der Waals surface area (Å²) >= 11 is 7.87. The number of allylic oxidation sites excluding steroid dienone is 1. The maximum absolute atomic E-state index is 9.70. The van der Waals surface area contributed by atoms with E-state index in [1.165, 1.54) is 0 Å². The summed E-state index contributed by atoms with van der Waals surface area (Å²) in [6.45, 7) is 0. The van der Waals surface area contributed by atoms with Gasteiger partial charge < -0.3 is 4.57 Å². The van der Waals surface area contributed by atoms with E-state index >= 15 is 0 Å². The molecule has 4 rings (SSSR count). The quantitative estimate of drug-likeness (QED) is 0.397. The van der Waals surface area contributed by atoms with E-state index in [9.17, 15) is 5.26 Å². The van der Waals surface area contributed by atoms with Crippen LogP contribution < -0.4 is 0 Å². The number of thiophene rings is 1. The molecule has 2 aromatic heterocycles. The Morgan fingerprint density at radius 3 is 2.54 bits per heavy atom. The lowest BCUT2D eigenvalue weighted by Gasteiger charge is -2.03. The number of hydrogen-bond donors (Lipinski definition) is 0. The van der Waals surface area contributed by atoms with Crippen molar-refractivity contribution in [3.63, 3.8) is 0 Å². The summed E-state index contributed by atoms with van der Waals surface area (Å²) < 4.78 is 1.84. The van der Waals surface area contributed by atoms with E-state index in [2.05, 4.69) is 16.3 Å². The van der Waals surface area contributed by atoms with Crippen LogP contribution in [-0.4, -0.2) is 14.8 Å². The van der Waals surface area contributed by atoms with Gasteiger partial charge in [0.05, 0.1) is 5.57 Å². The summed E-state index contributed by atoms with van der Waals surface area (Å²) in [5, 5.41) is 18.9. The number of nitrogens with zero attached hydrogens (tertiary/aromatic N) is 4. The molecular formula is C22H15ClN4S. The summed E-state index contributed by atoms with van der Waals surface area (Å²) in [5.74, 6) is 1.26. The third kappa shape index (κ3) is 3.48. The second kappa shape index (κ2) is 7.81. The Kier molecular flexibility index (Phi) is 5.07. The normalized spacial score (nSPS) is 11.4. The first-order valence-electron chi connectivity index (χ1n) is 8.59. The summed E-state index contributed by atoms with van der Waals surface area (Å²) in [6, 6.07) is 23.8. The molecule has 0 unspecified atom stereocenters. The van der Waals surface area contributed by atoms with Crippen LogP contribution in [0.3, 0.4) is 0 Å². The SMILES string of the molecule is Cn1c(C(C#N)=Cc2ccc(-c3ccccc3Cl)s2)nnc1-c1ccccc1. The number of aromatic nitrogens is 3. The van der Waals surface area contributed by atoms with Crippen LogP contribution >= 0.6 is 22.9 Å². The molecule has 2 heterocycles. The molecule has 28 heavy (non-hydrogen) atoms. The average Bonchev–Trinajstić information content (AvgIpc) is 3.34. The van der Waals surface area contributed by atoms with Crippen molar-refractivity contribution in [2.24, 2.45) is 7.05 Å². The molecule has 2 aromatic carbocycles. The highest BCUT2D eigenvalue weighted by molar-refractivity contribution is 7.16. The predicted octanol–water partition coefficient (Wildman–Crippen LogP) is 5.93. The molecule has 6 heteroatoms. The third-order valence-corrected chi connectivity index (χ3v) is 5.72. The van der Waals surface area contributed by atoms with Crippen molar-refractivity contribution >= 4 is 34.6 Å². The van der Waals surface area contributed by atoms with Gasteiger partial charge in [-0.2, -0.15) is 5.26 Å². The fraction of sp³-hybridized carbons (Fsp3) is 0.0455. The molecule has 4 nitrogen and oxygen atoms in total. The van der Waals surface area contributed by atoms with Gasteiger partial charge >= 0.3 is 0 Å². The first-order chi connectivity index (χ1) is 13.7. The largest absolute Gasteiger partial charge is 0.310 e. The van der Waals surface area contributed by atoms with Crippen molar-refractivity contribution in [2.75, 3.05) is 0 Å². The van der Waals surface area contributed by atoms with Gasteiger partial charge in [-0.15, -0.1) is 21.5 Å². The molecule has 0 amide bonds. The smallest absolute Gasteiger partial charge is 0.174 e. The van der Waals surface area contributed by atoms with Crippen LogP contribution in [0.5, 0.6) is 0 Å². The molecule has 0 aliphatic heterocycles. The van der Waals surface area contributed by atoms with Gasteiger partial charge in [-0.3, -0.25) is 0 Å². The molecule has 4 aromatic rings. The van der Waals surface area contributed by atoms with E-state index in [0.29, 0.717) is 16.4 Å². The summed E-state index contributed by atoms with van der Waals surface area (Å²) in [5.41, 5.74) is 2.40. The van der Waals surface area contributed by atoms with Gasteiger partial charge in [0.15, 0.2) is 11.6 Å². The van der Waals surface area contributed by atoms with Crippen LogP contribution in [0, 0.1) is 11.3 Å². The van der Waals surface area contributed by atoms with Crippen LogP contribution in [-0.2, 0) is 7.05 Å². The van der Waals surface area contributed by atoms with Gasteiger partial charge in [0, 0.05) is 33.0 Å². The second-order valence-corrected chi connectivity index (χ2v) is 7.65. The number of nitriles is 1. The van der Waals surface area contributed by atoms with E-state index in [4.69, 9.17) is 11.6 Å².